The molecule has 0 saturated carbocycles. The molecule has 1 aromatic heterocycles. The quantitative estimate of drug-likeness (QED) is 0.733. The van der Waals surface area contributed by atoms with Gasteiger partial charge in [0.2, 0.25) is 0 Å². The Morgan fingerprint density at radius 1 is 1.22 bits per heavy atom. The Hall–Kier alpha value is -2.57. The average Bonchev–Trinajstić information content (AvgIpc) is 3.12. The van der Waals surface area contributed by atoms with Crippen molar-refractivity contribution in [2.45, 2.75) is 20.8 Å². The molecule has 7 heteroatoms. The second kappa shape index (κ2) is 6.55. The van der Waals surface area contributed by atoms with Crippen LogP contribution in [0.1, 0.15) is 23.9 Å². The molecule has 0 saturated heterocycles. The number of allylic oxidation sites excluding steroid dienone is 1. The minimum Gasteiger partial charge on any atom is -0.316 e. The topological polar surface area (TPSA) is 61.5 Å². The number of hydrogen-bond donors (Lipinski definition) is 1. The summed E-state index contributed by atoms with van der Waals surface area (Å²) in [6, 6.07) is 9.64. The van der Waals surface area contributed by atoms with Gasteiger partial charge in [-0.3, -0.25) is 15.1 Å². The summed E-state index contributed by atoms with van der Waals surface area (Å²) in [6.07, 6.45) is 1.75. The highest BCUT2D eigenvalue weighted by molar-refractivity contribution is 8.16. The van der Waals surface area contributed by atoms with E-state index >= 15 is 0 Å². The van der Waals surface area contributed by atoms with Crippen molar-refractivity contribution < 1.29 is 4.79 Å². The highest BCUT2D eigenvalue weighted by Crippen LogP contribution is 2.33. The Bertz CT molecular complexity index is 1090. The molecule has 0 aliphatic carbocycles. The first kappa shape index (κ1) is 17.8. The van der Waals surface area contributed by atoms with Gasteiger partial charge in [0.05, 0.1) is 16.3 Å². The van der Waals surface area contributed by atoms with Crippen molar-refractivity contribution in [2.75, 3.05) is 0 Å². The predicted octanol–water partition coefficient (Wildman–Crippen LogP) is 4.91. The lowest BCUT2D eigenvalue weighted by molar-refractivity contribution is -0.114. The van der Waals surface area contributed by atoms with Crippen LogP contribution in [0.15, 0.2) is 52.0 Å². The van der Waals surface area contributed by atoms with Gasteiger partial charge >= 0.3 is 0 Å². The largest absolute Gasteiger partial charge is 0.316 e. The van der Waals surface area contributed by atoms with Gasteiger partial charge in [0.1, 0.15) is 5.84 Å². The van der Waals surface area contributed by atoms with Crippen LogP contribution in [-0.2, 0) is 4.79 Å². The summed E-state index contributed by atoms with van der Waals surface area (Å²) in [5.41, 5.74) is 4.88. The van der Waals surface area contributed by atoms with Gasteiger partial charge in [-0.2, -0.15) is 4.99 Å². The maximum Gasteiger partial charge on any atom is 0.283 e. The second-order valence-electron chi connectivity index (χ2n) is 6.43. The van der Waals surface area contributed by atoms with E-state index in [1.165, 1.54) is 11.8 Å². The fourth-order valence-corrected chi connectivity index (χ4v) is 4.41. The predicted molar refractivity (Wildman–Crippen MR) is 112 cm³/mol. The van der Waals surface area contributed by atoms with Gasteiger partial charge < -0.3 is 4.57 Å². The molecular weight excluding hydrogens is 380 g/mol. The number of nitrogens with zero attached hydrogens (tertiary/aromatic N) is 3. The molecule has 0 fully saturated rings. The molecule has 5 nitrogen and oxygen atoms in total. The summed E-state index contributed by atoms with van der Waals surface area (Å²) < 4.78 is 2.05. The van der Waals surface area contributed by atoms with Crippen molar-refractivity contribution in [3.8, 4) is 5.69 Å². The number of thioether (sulfide) groups is 1. The number of carbonyl (C=O) groups is 1. The molecule has 0 unspecified atom stereocenters. The monoisotopic (exact) mass is 396 g/mol. The van der Waals surface area contributed by atoms with E-state index in [-0.39, 0.29) is 17.3 Å². The first-order chi connectivity index (χ1) is 12.9. The number of benzene rings is 1. The first-order valence-corrected chi connectivity index (χ1v) is 9.65. The molecule has 4 rings (SSSR count). The van der Waals surface area contributed by atoms with Crippen molar-refractivity contribution in [3.05, 3.63) is 69.0 Å². The SMILES string of the molecule is CC1=CSC2=NC(=O)/C(=C\c3cc(C)n(-c4ccccc4Cl)c3C)C(=N)N12. The standard InChI is InChI=1S/C20H17ClN4OS/c1-11-8-14(13(3)24(11)17-7-5-4-6-16(17)21)9-15-18(22)25-12(2)10-27-20(25)23-19(15)26/h4-10,22H,1-3H3/b15-9-,22-18?. The van der Waals surface area contributed by atoms with Crippen LogP contribution >= 0.6 is 23.4 Å². The van der Waals surface area contributed by atoms with Crippen LogP contribution in [0.2, 0.25) is 5.02 Å². The van der Waals surface area contributed by atoms with Gasteiger partial charge in [-0.15, -0.1) is 0 Å². The Balaban J connectivity index is 1.81. The third-order valence-electron chi connectivity index (χ3n) is 4.65. The van der Waals surface area contributed by atoms with E-state index in [1.54, 1.807) is 11.0 Å². The number of aromatic nitrogens is 1. The molecule has 2 aliphatic rings. The summed E-state index contributed by atoms with van der Waals surface area (Å²) in [7, 11) is 0. The fraction of sp³-hybridized carbons (Fsp3) is 0.150. The highest BCUT2D eigenvalue weighted by Gasteiger charge is 2.34. The second-order valence-corrected chi connectivity index (χ2v) is 7.68. The van der Waals surface area contributed by atoms with Gasteiger partial charge in [0, 0.05) is 17.1 Å². The number of amidine groups is 2. The minimum atomic E-state index is -0.385. The van der Waals surface area contributed by atoms with E-state index in [9.17, 15) is 4.79 Å². The molecular formula is C20H17ClN4OS. The normalized spacial score (nSPS) is 18.1. The number of aliphatic imine (C=N–C) groups is 1. The van der Waals surface area contributed by atoms with E-state index in [2.05, 4.69) is 9.56 Å². The molecule has 27 heavy (non-hydrogen) atoms. The third-order valence-corrected chi connectivity index (χ3v) is 5.91. The Morgan fingerprint density at radius 2 is 1.96 bits per heavy atom. The Kier molecular flexibility index (Phi) is 4.32. The Labute approximate surface area is 166 Å². The van der Waals surface area contributed by atoms with Crippen molar-refractivity contribution >= 4 is 46.3 Å². The number of carbonyl (C=O) groups excluding carboxylic acids is 1. The zero-order chi connectivity index (χ0) is 19.3. The van der Waals surface area contributed by atoms with E-state index in [0.29, 0.717) is 10.2 Å². The van der Waals surface area contributed by atoms with Crippen molar-refractivity contribution in [1.82, 2.24) is 9.47 Å². The van der Waals surface area contributed by atoms with Gasteiger partial charge in [-0.25, -0.2) is 0 Å². The van der Waals surface area contributed by atoms with Crippen LogP contribution in [0.5, 0.6) is 0 Å². The molecule has 1 aromatic carbocycles. The zero-order valence-corrected chi connectivity index (χ0v) is 16.6. The average molecular weight is 397 g/mol. The minimum absolute atomic E-state index is 0.159. The number of rotatable bonds is 2. The van der Waals surface area contributed by atoms with Crippen molar-refractivity contribution in [2.24, 2.45) is 4.99 Å². The molecule has 1 amide bonds. The van der Waals surface area contributed by atoms with Crippen LogP contribution in [0.4, 0.5) is 0 Å². The number of halogens is 1. The van der Waals surface area contributed by atoms with Gasteiger partial charge in [0.25, 0.3) is 5.91 Å². The van der Waals surface area contributed by atoms with Crippen molar-refractivity contribution in [3.63, 3.8) is 0 Å². The Morgan fingerprint density at radius 3 is 2.70 bits per heavy atom. The molecule has 136 valence electrons. The maximum absolute atomic E-state index is 12.5. The first-order valence-electron chi connectivity index (χ1n) is 8.39. The number of para-hydroxylation sites is 1. The van der Waals surface area contributed by atoms with Crippen LogP contribution in [-0.4, -0.2) is 26.4 Å². The van der Waals surface area contributed by atoms with Crippen LogP contribution in [0.25, 0.3) is 11.8 Å². The molecule has 0 bridgehead atoms. The van der Waals surface area contributed by atoms with E-state index in [1.807, 2.05) is 56.5 Å². The van der Waals surface area contributed by atoms with E-state index < -0.39 is 0 Å². The number of nitrogens with one attached hydrogen (secondary N) is 1. The molecule has 0 atom stereocenters. The van der Waals surface area contributed by atoms with E-state index in [4.69, 9.17) is 17.0 Å². The van der Waals surface area contributed by atoms with Crippen molar-refractivity contribution in [1.29, 1.82) is 5.41 Å². The number of aryl methyl sites for hydroxylation is 1. The highest BCUT2D eigenvalue weighted by atomic mass is 35.5. The fourth-order valence-electron chi connectivity index (χ4n) is 3.33. The summed E-state index contributed by atoms with van der Waals surface area (Å²) in [6.45, 7) is 5.87. The lowest BCUT2D eigenvalue weighted by Gasteiger charge is -2.25. The molecule has 0 spiro atoms. The smallest absolute Gasteiger partial charge is 0.283 e. The lowest BCUT2D eigenvalue weighted by atomic mass is 10.1. The van der Waals surface area contributed by atoms with Crippen LogP contribution in [0, 0.1) is 19.3 Å². The number of fused-ring (bicyclic) bond motifs is 1. The van der Waals surface area contributed by atoms with Gasteiger partial charge in [0.15, 0.2) is 5.17 Å². The molecule has 2 aromatic rings. The molecule has 2 aliphatic heterocycles. The lowest BCUT2D eigenvalue weighted by Crippen LogP contribution is -2.37. The zero-order valence-electron chi connectivity index (χ0n) is 15.1. The summed E-state index contributed by atoms with van der Waals surface area (Å²) in [4.78, 5) is 18.3. The maximum atomic E-state index is 12.5. The van der Waals surface area contributed by atoms with Gasteiger partial charge in [-0.05, 0) is 56.0 Å². The third kappa shape index (κ3) is 2.85. The number of amides is 1. The summed E-state index contributed by atoms with van der Waals surface area (Å²) in [5.74, 6) is -0.226. The van der Waals surface area contributed by atoms with Crippen LogP contribution < -0.4 is 0 Å². The molecule has 3 heterocycles. The summed E-state index contributed by atoms with van der Waals surface area (Å²) >= 11 is 7.73. The summed E-state index contributed by atoms with van der Waals surface area (Å²) in [5, 5.41) is 11.6. The number of hydrogen-bond acceptors (Lipinski definition) is 3. The van der Waals surface area contributed by atoms with E-state index in [0.717, 1.165) is 28.3 Å². The van der Waals surface area contributed by atoms with Gasteiger partial charge in [-0.1, -0.05) is 35.5 Å². The molecule has 0 radical (unpaired) electrons. The van der Waals surface area contributed by atoms with Crippen LogP contribution in [0.3, 0.4) is 0 Å². The molecule has 1 N–H and O–H groups in total.